The number of benzene rings is 1. The van der Waals surface area contributed by atoms with Gasteiger partial charge in [0.25, 0.3) is 0 Å². The second-order valence-corrected chi connectivity index (χ2v) is 4.34. The maximum absolute atomic E-state index is 11.3. The first-order chi connectivity index (χ1) is 8.76. The highest BCUT2D eigenvalue weighted by atomic mass is 16.5. The summed E-state index contributed by atoms with van der Waals surface area (Å²) < 4.78 is 5.04. The molecule has 18 heavy (non-hydrogen) atoms. The smallest absolute Gasteiger partial charge is 0.306 e. The molecule has 0 aromatic heterocycles. The van der Waals surface area contributed by atoms with Crippen LogP contribution in [0.15, 0.2) is 24.3 Å². The molecule has 0 fully saturated rings. The van der Waals surface area contributed by atoms with E-state index in [0.29, 0.717) is 13.0 Å². The Morgan fingerprint density at radius 3 is 2.50 bits per heavy atom. The zero-order valence-corrected chi connectivity index (χ0v) is 11.4. The van der Waals surface area contributed by atoms with Crippen LogP contribution in [0.3, 0.4) is 0 Å². The maximum atomic E-state index is 11.3. The number of aryl methyl sites for hydroxylation is 1. The van der Waals surface area contributed by atoms with Gasteiger partial charge in [0, 0.05) is 18.7 Å². The van der Waals surface area contributed by atoms with Crippen molar-refractivity contribution >= 4 is 11.7 Å². The molecule has 0 aliphatic heterocycles. The van der Waals surface area contributed by atoms with Gasteiger partial charge in [0.2, 0.25) is 0 Å². The van der Waals surface area contributed by atoms with E-state index in [1.807, 2.05) is 6.92 Å². The zero-order chi connectivity index (χ0) is 13.2. The second-order valence-electron chi connectivity index (χ2n) is 4.34. The van der Waals surface area contributed by atoms with Gasteiger partial charge in [-0.1, -0.05) is 26.0 Å². The molecule has 0 saturated heterocycles. The minimum atomic E-state index is -0.106. The predicted molar refractivity (Wildman–Crippen MR) is 74.8 cm³/mol. The van der Waals surface area contributed by atoms with Crippen LogP contribution in [0.25, 0.3) is 0 Å². The van der Waals surface area contributed by atoms with Crippen molar-refractivity contribution in [2.75, 3.05) is 18.5 Å². The molecule has 1 aromatic rings. The van der Waals surface area contributed by atoms with Gasteiger partial charge in [0.05, 0.1) is 6.61 Å². The van der Waals surface area contributed by atoms with Crippen molar-refractivity contribution in [3.63, 3.8) is 0 Å². The normalized spacial score (nSPS) is 10.1. The summed E-state index contributed by atoms with van der Waals surface area (Å²) in [5.41, 5.74) is 2.31. The highest BCUT2D eigenvalue weighted by Crippen LogP contribution is 2.11. The molecule has 0 aliphatic carbocycles. The third kappa shape index (κ3) is 5.71. The van der Waals surface area contributed by atoms with E-state index in [2.05, 4.69) is 36.5 Å². The quantitative estimate of drug-likeness (QED) is 0.718. The van der Waals surface area contributed by atoms with Gasteiger partial charge in [0.15, 0.2) is 0 Å². The predicted octanol–water partition coefficient (Wildman–Crippen LogP) is 3.39. The van der Waals surface area contributed by atoms with Gasteiger partial charge in [-0.25, -0.2) is 0 Å². The lowest BCUT2D eigenvalue weighted by Gasteiger charge is -2.06. The topological polar surface area (TPSA) is 38.3 Å². The van der Waals surface area contributed by atoms with Crippen LogP contribution >= 0.6 is 0 Å². The van der Waals surface area contributed by atoms with E-state index in [1.165, 1.54) is 5.56 Å². The molecule has 1 N–H and O–H groups in total. The SMILES string of the molecule is CCCNc1ccc(CCC(=O)OCCC)cc1. The Bertz CT molecular complexity index is 346. The zero-order valence-electron chi connectivity index (χ0n) is 11.4. The average molecular weight is 249 g/mol. The van der Waals surface area contributed by atoms with Crippen LogP contribution in [-0.2, 0) is 16.0 Å². The molecule has 0 unspecified atom stereocenters. The van der Waals surface area contributed by atoms with Gasteiger partial charge in [-0.3, -0.25) is 4.79 Å². The van der Waals surface area contributed by atoms with E-state index in [-0.39, 0.29) is 5.97 Å². The molecule has 0 atom stereocenters. The summed E-state index contributed by atoms with van der Waals surface area (Å²) in [6.45, 7) is 5.65. The number of carbonyl (C=O) groups is 1. The van der Waals surface area contributed by atoms with Gasteiger partial charge < -0.3 is 10.1 Å². The monoisotopic (exact) mass is 249 g/mol. The van der Waals surface area contributed by atoms with Crippen molar-refractivity contribution in [2.24, 2.45) is 0 Å². The molecule has 0 aliphatic rings. The molecule has 0 heterocycles. The van der Waals surface area contributed by atoms with Crippen LogP contribution in [0.4, 0.5) is 5.69 Å². The first-order valence-electron chi connectivity index (χ1n) is 6.74. The van der Waals surface area contributed by atoms with E-state index < -0.39 is 0 Å². The van der Waals surface area contributed by atoms with Crippen molar-refractivity contribution in [3.05, 3.63) is 29.8 Å². The summed E-state index contributed by atoms with van der Waals surface area (Å²) in [6.07, 6.45) is 3.20. The van der Waals surface area contributed by atoms with Crippen LogP contribution in [0, 0.1) is 0 Å². The first kappa shape index (κ1) is 14.6. The summed E-state index contributed by atoms with van der Waals surface area (Å²) in [5, 5.41) is 3.32. The fourth-order valence-corrected chi connectivity index (χ4v) is 1.59. The summed E-state index contributed by atoms with van der Waals surface area (Å²) >= 11 is 0. The molecule has 1 aromatic carbocycles. The van der Waals surface area contributed by atoms with Gasteiger partial charge in [0.1, 0.15) is 0 Å². The van der Waals surface area contributed by atoms with Crippen molar-refractivity contribution in [1.82, 2.24) is 0 Å². The van der Waals surface area contributed by atoms with Gasteiger partial charge in [-0.15, -0.1) is 0 Å². The lowest BCUT2D eigenvalue weighted by molar-refractivity contribution is -0.143. The highest BCUT2D eigenvalue weighted by molar-refractivity contribution is 5.69. The molecule has 0 saturated carbocycles. The fraction of sp³-hybridized carbons (Fsp3) is 0.533. The lowest BCUT2D eigenvalue weighted by Crippen LogP contribution is -2.06. The Morgan fingerprint density at radius 1 is 1.17 bits per heavy atom. The third-order valence-electron chi connectivity index (χ3n) is 2.62. The largest absolute Gasteiger partial charge is 0.466 e. The number of esters is 1. The number of hydrogen-bond acceptors (Lipinski definition) is 3. The Hall–Kier alpha value is -1.51. The fourth-order valence-electron chi connectivity index (χ4n) is 1.59. The van der Waals surface area contributed by atoms with Gasteiger partial charge >= 0.3 is 5.97 Å². The van der Waals surface area contributed by atoms with E-state index in [9.17, 15) is 4.79 Å². The number of nitrogens with one attached hydrogen (secondary N) is 1. The Morgan fingerprint density at radius 2 is 1.89 bits per heavy atom. The molecular weight excluding hydrogens is 226 g/mol. The van der Waals surface area contributed by atoms with Crippen molar-refractivity contribution in [3.8, 4) is 0 Å². The molecule has 0 radical (unpaired) electrons. The van der Waals surface area contributed by atoms with E-state index >= 15 is 0 Å². The number of ether oxygens (including phenoxy) is 1. The van der Waals surface area contributed by atoms with Crippen LogP contribution in [0.5, 0.6) is 0 Å². The molecule has 3 nitrogen and oxygen atoms in total. The van der Waals surface area contributed by atoms with Gasteiger partial charge in [-0.2, -0.15) is 0 Å². The minimum Gasteiger partial charge on any atom is -0.466 e. The number of rotatable bonds is 8. The molecule has 3 heteroatoms. The van der Waals surface area contributed by atoms with Crippen LogP contribution < -0.4 is 5.32 Å². The molecule has 0 amide bonds. The summed E-state index contributed by atoms with van der Waals surface area (Å²) in [5.74, 6) is -0.106. The van der Waals surface area contributed by atoms with E-state index in [1.54, 1.807) is 0 Å². The molecule has 0 spiro atoms. The van der Waals surface area contributed by atoms with E-state index in [4.69, 9.17) is 4.74 Å². The van der Waals surface area contributed by atoms with Crippen LogP contribution in [-0.4, -0.2) is 19.1 Å². The Balaban J connectivity index is 2.32. The van der Waals surface area contributed by atoms with Crippen LogP contribution in [0.1, 0.15) is 38.7 Å². The number of carbonyl (C=O) groups excluding carboxylic acids is 1. The third-order valence-corrected chi connectivity index (χ3v) is 2.62. The summed E-state index contributed by atoms with van der Waals surface area (Å²) in [6, 6.07) is 8.24. The van der Waals surface area contributed by atoms with Crippen molar-refractivity contribution < 1.29 is 9.53 Å². The summed E-state index contributed by atoms with van der Waals surface area (Å²) in [4.78, 5) is 11.3. The molecule has 1 rings (SSSR count). The second kappa shape index (κ2) is 8.56. The van der Waals surface area contributed by atoms with Crippen molar-refractivity contribution in [2.45, 2.75) is 39.5 Å². The number of hydrogen-bond donors (Lipinski definition) is 1. The van der Waals surface area contributed by atoms with E-state index in [0.717, 1.165) is 31.5 Å². The average Bonchev–Trinajstić information content (AvgIpc) is 2.41. The highest BCUT2D eigenvalue weighted by Gasteiger charge is 2.03. The maximum Gasteiger partial charge on any atom is 0.306 e. The molecular formula is C15H23NO2. The van der Waals surface area contributed by atoms with Crippen LogP contribution in [0.2, 0.25) is 0 Å². The Labute approximate surface area is 110 Å². The van der Waals surface area contributed by atoms with Crippen molar-refractivity contribution in [1.29, 1.82) is 0 Å². The standard InChI is InChI=1S/C15H23NO2/c1-3-11-16-14-8-5-13(6-9-14)7-10-15(17)18-12-4-2/h5-6,8-9,16H,3-4,7,10-12H2,1-2H3. The lowest BCUT2D eigenvalue weighted by atomic mass is 10.1. The molecule has 100 valence electrons. The molecule has 0 bridgehead atoms. The van der Waals surface area contributed by atoms with Gasteiger partial charge in [-0.05, 0) is 37.0 Å². The summed E-state index contributed by atoms with van der Waals surface area (Å²) in [7, 11) is 0. The Kier molecular flexibility index (Phi) is 6.92. The first-order valence-corrected chi connectivity index (χ1v) is 6.74. The number of anilines is 1. The minimum absolute atomic E-state index is 0.106.